The minimum absolute atomic E-state index is 0.422. The molecule has 5 nitrogen and oxygen atoms in total. The van der Waals surface area contributed by atoms with E-state index in [1.165, 1.54) is 5.56 Å². The molecular weight excluding hydrogens is 278 g/mol. The van der Waals surface area contributed by atoms with Gasteiger partial charge < -0.3 is 15.1 Å². The molecule has 1 heterocycles. The fraction of sp³-hybridized carbons (Fsp3) is 0.529. The molecule has 1 aliphatic rings. The van der Waals surface area contributed by atoms with Gasteiger partial charge in [-0.3, -0.25) is 9.59 Å². The van der Waals surface area contributed by atoms with Gasteiger partial charge in [-0.05, 0) is 30.6 Å². The average Bonchev–Trinajstić information content (AvgIpc) is 2.57. The highest BCUT2D eigenvalue weighted by Gasteiger charge is 2.25. The Hall–Kier alpha value is -1.88. The Morgan fingerprint density at radius 2 is 1.86 bits per heavy atom. The number of nitrogens with one attached hydrogen (secondary N) is 1. The van der Waals surface area contributed by atoms with Crippen LogP contribution in [0, 0.1) is 0 Å². The first-order valence-corrected chi connectivity index (χ1v) is 8.02. The molecule has 22 heavy (non-hydrogen) atoms. The first kappa shape index (κ1) is 16.5. The minimum Gasteiger partial charge on any atom is -0.347 e. The zero-order valence-corrected chi connectivity index (χ0v) is 13.5. The first-order chi connectivity index (χ1) is 10.7. The van der Waals surface area contributed by atoms with E-state index in [4.69, 9.17) is 0 Å². The molecule has 0 radical (unpaired) electrons. The predicted octanol–water partition coefficient (Wildman–Crippen LogP) is 1.03. The third-order valence-electron chi connectivity index (χ3n) is 4.22. The maximum atomic E-state index is 12.2. The summed E-state index contributed by atoms with van der Waals surface area (Å²) >= 11 is 0. The largest absolute Gasteiger partial charge is 0.347 e. The summed E-state index contributed by atoms with van der Waals surface area (Å²) < 4.78 is 0. The Labute approximate surface area is 132 Å². The van der Waals surface area contributed by atoms with Gasteiger partial charge in [0.1, 0.15) is 0 Å². The lowest BCUT2D eigenvalue weighted by Crippen LogP contribution is -2.46. The highest BCUT2D eigenvalue weighted by molar-refractivity contribution is 6.35. The van der Waals surface area contributed by atoms with Crippen LogP contribution in [0.4, 0.5) is 0 Å². The van der Waals surface area contributed by atoms with Crippen molar-refractivity contribution in [1.29, 1.82) is 0 Å². The van der Waals surface area contributed by atoms with E-state index in [9.17, 15) is 9.59 Å². The second-order valence-electron chi connectivity index (χ2n) is 5.53. The van der Waals surface area contributed by atoms with Crippen LogP contribution < -0.4 is 5.32 Å². The molecule has 0 aromatic heterocycles. The predicted molar refractivity (Wildman–Crippen MR) is 86.4 cm³/mol. The lowest BCUT2D eigenvalue weighted by molar-refractivity contribution is -0.146. The number of rotatable bonds is 5. The smallest absolute Gasteiger partial charge is 0.312 e. The molecule has 120 valence electrons. The highest BCUT2D eigenvalue weighted by Crippen LogP contribution is 2.18. The van der Waals surface area contributed by atoms with Crippen molar-refractivity contribution in [2.45, 2.75) is 26.8 Å². The molecular formula is C17H25N3O2. The zero-order valence-electron chi connectivity index (χ0n) is 13.5. The van der Waals surface area contributed by atoms with Gasteiger partial charge in [-0.2, -0.15) is 0 Å². The van der Waals surface area contributed by atoms with E-state index in [0.29, 0.717) is 19.6 Å². The van der Waals surface area contributed by atoms with Crippen LogP contribution in [-0.2, 0) is 22.6 Å². The van der Waals surface area contributed by atoms with Gasteiger partial charge in [-0.25, -0.2) is 0 Å². The summed E-state index contributed by atoms with van der Waals surface area (Å²) in [5, 5.41) is 2.73. The summed E-state index contributed by atoms with van der Waals surface area (Å²) in [6, 6.07) is 8.08. The zero-order chi connectivity index (χ0) is 15.9. The van der Waals surface area contributed by atoms with Crippen molar-refractivity contribution in [2.75, 3.05) is 32.7 Å². The number of likely N-dealkylation sites (N-methyl/N-ethyl adjacent to an activating group) is 1. The number of benzene rings is 1. The summed E-state index contributed by atoms with van der Waals surface area (Å²) in [4.78, 5) is 28.1. The van der Waals surface area contributed by atoms with E-state index < -0.39 is 11.8 Å². The fourth-order valence-electron chi connectivity index (χ4n) is 2.76. The van der Waals surface area contributed by atoms with Crippen molar-refractivity contribution >= 4 is 11.8 Å². The summed E-state index contributed by atoms with van der Waals surface area (Å²) in [5.41, 5.74) is 2.41. The van der Waals surface area contributed by atoms with Crippen LogP contribution in [0.2, 0.25) is 0 Å². The van der Waals surface area contributed by atoms with Crippen LogP contribution in [0.25, 0.3) is 0 Å². The molecule has 0 saturated heterocycles. The summed E-state index contributed by atoms with van der Waals surface area (Å²) in [5.74, 6) is -0.916. The fourth-order valence-corrected chi connectivity index (χ4v) is 2.76. The van der Waals surface area contributed by atoms with E-state index in [-0.39, 0.29) is 0 Å². The van der Waals surface area contributed by atoms with E-state index >= 15 is 0 Å². The summed E-state index contributed by atoms with van der Waals surface area (Å²) in [6.45, 7) is 8.49. The molecule has 1 aromatic carbocycles. The number of amides is 2. The second kappa shape index (κ2) is 7.94. The monoisotopic (exact) mass is 303 g/mol. The van der Waals surface area contributed by atoms with Gasteiger partial charge in [0, 0.05) is 26.2 Å². The summed E-state index contributed by atoms with van der Waals surface area (Å²) in [6.07, 6.45) is 0.814. The maximum Gasteiger partial charge on any atom is 0.312 e. The number of carbonyl (C=O) groups is 2. The minimum atomic E-state index is -0.494. The number of carbonyl (C=O) groups excluding carboxylic acids is 2. The first-order valence-electron chi connectivity index (χ1n) is 8.02. The van der Waals surface area contributed by atoms with Crippen molar-refractivity contribution in [3.05, 3.63) is 35.4 Å². The molecule has 1 aliphatic heterocycles. The van der Waals surface area contributed by atoms with Crippen molar-refractivity contribution in [2.24, 2.45) is 0 Å². The second-order valence-corrected chi connectivity index (χ2v) is 5.53. The lowest BCUT2D eigenvalue weighted by Gasteiger charge is -2.28. The van der Waals surface area contributed by atoms with Crippen LogP contribution in [-0.4, -0.2) is 54.3 Å². The molecule has 1 aromatic rings. The van der Waals surface area contributed by atoms with Gasteiger partial charge in [0.2, 0.25) is 0 Å². The Morgan fingerprint density at radius 3 is 2.55 bits per heavy atom. The normalized spacial score (nSPS) is 13.9. The number of fused-ring (bicyclic) bond motifs is 1. The van der Waals surface area contributed by atoms with Gasteiger partial charge in [0.25, 0.3) is 0 Å². The molecule has 2 amide bonds. The number of hydrogen-bond acceptors (Lipinski definition) is 3. The Kier molecular flexibility index (Phi) is 5.95. The molecule has 0 spiro atoms. The molecule has 0 unspecified atom stereocenters. The standard InChI is InChI=1S/C17H25N3O2/c1-3-19(4-2)12-10-18-16(21)17(22)20-11-9-14-7-5-6-8-15(14)13-20/h5-8H,3-4,9-13H2,1-2H3,(H,18,21). The van der Waals surface area contributed by atoms with E-state index in [0.717, 1.165) is 31.6 Å². The summed E-state index contributed by atoms with van der Waals surface area (Å²) in [7, 11) is 0. The Bertz CT molecular complexity index is 526. The van der Waals surface area contributed by atoms with Gasteiger partial charge in [0.05, 0.1) is 0 Å². The van der Waals surface area contributed by atoms with Gasteiger partial charge in [0.15, 0.2) is 0 Å². The molecule has 5 heteroatoms. The molecule has 0 aliphatic carbocycles. The maximum absolute atomic E-state index is 12.2. The van der Waals surface area contributed by atoms with E-state index in [1.54, 1.807) is 4.90 Å². The van der Waals surface area contributed by atoms with Crippen LogP contribution in [0.15, 0.2) is 24.3 Å². The van der Waals surface area contributed by atoms with Crippen molar-refractivity contribution in [3.8, 4) is 0 Å². The van der Waals surface area contributed by atoms with E-state index in [1.807, 2.05) is 18.2 Å². The van der Waals surface area contributed by atoms with Crippen LogP contribution in [0.3, 0.4) is 0 Å². The topological polar surface area (TPSA) is 52.7 Å². The molecule has 0 atom stereocenters. The third kappa shape index (κ3) is 4.07. The molecule has 0 bridgehead atoms. The SMILES string of the molecule is CCN(CC)CCNC(=O)C(=O)N1CCc2ccccc2C1. The van der Waals surface area contributed by atoms with Crippen molar-refractivity contribution < 1.29 is 9.59 Å². The Balaban J connectivity index is 1.83. The lowest BCUT2D eigenvalue weighted by atomic mass is 10.00. The molecule has 1 N–H and O–H groups in total. The van der Waals surface area contributed by atoms with Crippen LogP contribution in [0.5, 0.6) is 0 Å². The average molecular weight is 303 g/mol. The van der Waals surface area contributed by atoms with Gasteiger partial charge >= 0.3 is 11.8 Å². The third-order valence-corrected chi connectivity index (χ3v) is 4.22. The number of nitrogens with zero attached hydrogens (tertiary/aromatic N) is 2. The molecule has 0 saturated carbocycles. The van der Waals surface area contributed by atoms with Gasteiger partial charge in [-0.15, -0.1) is 0 Å². The van der Waals surface area contributed by atoms with Crippen LogP contribution >= 0.6 is 0 Å². The molecule has 0 fully saturated rings. The quantitative estimate of drug-likeness (QED) is 0.827. The van der Waals surface area contributed by atoms with Crippen molar-refractivity contribution in [1.82, 2.24) is 15.1 Å². The van der Waals surface area contributed by atoms with E-state index in [2.05, 4.69) is 30.1 Å². The Morgan fingerprint density at radius 1 is 1.18 bits per heavy atom. The van der Waals surface area contributed by atoms with Crippen molar-refractivity contribution in [3.63, 3.8) is 0 Å². The number of hydrogen-bond donors (Lipinski definition) is 1. The van der Waals surface area contributed by atoms with Crippen LogP contribution in [0.1, 0.15) is 25.0 Å². The highest BCUT2D eigenvalue weighted by atomic mass is 16.2. The molecule has 2 rings (SSSR count). The van der Waals surface area contributed by atoms with Gasteiger partial charge in [-0.1, -0.05) is 38.1 Å².